The second kappa shape index (κ2) is 7.91. The molecule has 0 aromatic heterocycles. The maximum absolute atomic E-state index is 13.1. The molecule has 0 saturated carbocycles. The van der Waals surface area contributed by atoms with Crippen LogP contribution in [0.25, 0.3) is 0 Å². The van der Waals surface area contributed by atoms with Crippen LogP contribution in [0.15, 0.2) is 54.6 Å². The van der Waals surface area contributed by atoms with Gasteiger partial charge in [-0.15, -0.1) is 0 Å². The topological polar surface area (TPSA) is 32.3 Å². The lowest BCUT2D eigenvalue weighted by molar-refractivity contribution is 0.173. The Bertz CT molecular complexity index is 542. The van der Waals surface area contributed by atoms with Gasteiger partial charge in [-0.25, -0.2) is 4.39 Å². The van der Waals surface area contributed by atoms with Crippen LogP contribution in [0.1, 0.15) is 30.4 Å². The molecule has 2 aromatic carbocycles. The van der Waals surface area contributed by atoms with Gasteiger partial charge in [0.1, 0.15) is 5.82 Å². The Balaban J connectivity index is 1.93. The first kappa shape index (κ1) is 15.7. The molecule has 0 saturated heterocycles. The van der Waals surface area contributed by atoms with Gasteiger partial charge in [0, 0.05) is 13.1 Å². The minimum absolute atomic E-state index is 0.210. The molecule has 0 spiro atoms. The molecule has 0 heterocycles. The molecule has 0 fully saturated rings. The maximum Gasteiger partial charge on any atom is 0.123 e. The van der Waals surface area contributed by atoms with Gasteiger partial charge in [-0.3, -0.25) is 0 Å². The highest BCUT2D eigenvalue weighted by molar-refractivity contribution is 5.20. The number of aliphatic hydroxyl groups is 1. The van der Waals surface area contributed by atoms with Crippen molar-refractivity contribution in [1.29, 1.82) is 0 Å². The van der Waals surface area contributed by atoms with Gasteiger partial charge in [0.2, 0.25) is 0 Å². The van der Waals surface area contributed by atoms with Crippen molar-refractivity contribution in [2.24, 2.45) is 0 Å². The van der Waals surface area contributed by atoms with Crippen molar-refractivity contribution < 1.29 is 9.50 Å². The Hall–Kier alpha value is -1.71. The molecule has 0 aliphatic carbocycles. The Kier molecular flexibility index (Phi) is 5.90. The molecule has 2 unspecified atom stereocenters. The zero-order chi connectivity index (χ0) is 15.1. The van der Waals surface area contributed by atoms with Gasteiger partial charge in [0.25, 0.3) is 0 Å². The Morgan fingerprint density at radius 1 is 1.10 bits per heavy atom. The first-order valence-electron chi connectivity index (χ1n) is 7.33. The molecule has 2 N–H and O–H groups in total. The van der Waals surface area contributed by atoms with E-state index in [2.05, 4.69) is 17.4 Å². The standard InChI is InChI=1S/C18H22FNO/c1-14(21)10-17(16-7-3-2-4-8-16)13-20-12-15-6-5-9-18(19)11-15/h2-9,11,14,17,20-21H,10,12-13H2,1H3. The zero-order valence-corrected chi connectivity index (χ0v) is 12.3. The van der Waals surface area contributed by atoms with E-state index in [1.165, 1.54) is 11.6 Å². The molecule has 2 aromatic rings. The Morgan fingerprint density at radius 2 is 1.86 bits per heavy atom. The first-order chi connectivity index (χ1) is 10.1. The largest absolute Gasteiger partial charge is 0.393 e. The highest BCUT2D eigenvalue weighted by atomic mass is 19.1. The third-order valence-electron chi connectivity index (χ3n) is 3.51. The average molecular weight is 287 g/mol. The normalized spacial score (nSPS) is 13.9. The lowest BCUT2D eigenvalue weighted by Gasteiger charge is -2.19. The summed E-state index contributed by atoms with van der Waals surface area (Å²) in [5, 5.41) is 13.0. The van der Waals surface area contributed by atoms with E-state index in [0.717, 1.165) is 12.1 Å². The second-order valence-corrected chi connectivity index (χ2v) is 5.45. The van der Waals surface area contributed by atoms with Gasteiger partial charge in [-0.2, -0.15) is 0 Å². The van der Waals surface area contributed by atoms with E-state index in [4.69, 9.17) is 0 Å². The lowest BCUT2D eigenvalue weighted by Crippen LogP contribution is -2.23. The van der Waals surface area contributed by atoms with E-state index >= 15 is 0 Å². The first-order valence-corrected chi connectivity index (χ1v) is 7.33. The summed E-state index contributed by atoms with van der Waals surface area (Å²) in [6.07, 6.45) is 0.367. The van der Waals surface area contributed by atoms with E-state index in [1.807, 2.05) is 31.2 Å². The van der Waals surface area contributed by atoms with Gasteiger partial charge in [-0.05, 0) is 42.5 Å². The number of benzene rings is 2. The number of aliphatic hydroxyl groups excluding tert-OH is 1. The molecule has 3 heteroatoms. The molecule has 0 aliphatic heterocycles. The summed E-state index contributed by atoms with van der Waals surface area (Å²) in [7, 11) is 0. The predicted molar refractivity (Wildman–Crippen MR) is 83.6 cm³/mol. The number of nitrogens with one attached hydrogen (secondary N) is 1. The molecular formula is C18H22FNO. The number of hydrogen-bond donors (Lipinski definition) is 2. The van der Waals surface area contributed by atoms with Crippen LogP contribution in [0.2, 0.25) is 0 Å². The smallest absolute Gasteiger partial charge is 0.123 e. The van der Waals surface area contributed by atoms with Crippen LogP contribution in [0, 0.1) is 5.82 Å². The van der Waals surface area contributed by atoms with E-state index in [1.54, 1.807) is 12.1 Å². The van der Waals surface area contributed by atoms with Gasteiger partial charge in [0.15, 0.2) is 0 Å². The highest BCUT2D eigenvalue weighted by Gasteiger charge is 2.13. The van der Waals surface area contributed by atoms with Crippen LogP contribution in [-0.2, 0) is 6.54 Å². The molecule has 0 bridgehead atoms. The predicted octanol–water partition coefficient (Wildman–Crippen LogP) is 3.47. The Labute approximate surface area is 125 Å². The average Bonchev–Trinajstić information content (AvgIpc) is 2.47. The summed E-state index contributed by atoms with van der Waals surface area (Å²) < 4.78 is 13.1. The third-order valence-corrected chi connectivity index (χ3v) is 3.51. The molecule has 2 atom stereocenters. The molecule has 0 aliphatic rings. The summed E-state index contributed by atoms with van der Waals surface area (Å²) in [5.74, 6) is 0.0395. The molecule has 112 valence electrons. The summed E-state index contributed by atoms with van der Waals surface area (Å²) >= 11 is 0. The SMILES string of the molecule is CC(O)CC(CNCc1cccc(F)c1)c1ccccc1. The molecule has 0 radical (unpaired) electrons. The van der Waals surface area contributed by atoms with Crippen molar-refractivity contribution in [3.8, 4) is 0 Å². The molecular weight excluding hydrogens is 265 g/mol. The molecule has 21 heavy (non-hydrogen) atoms. The zero-order valence-electron chi connectivity index (χ0n) is 12.3. The summed E-state index contributed by atoms with van der Waals surface area (Å²) in [5.41, 5.74) is 2.14. The summed E-state index contributed by atoms with van der Waals surface area (Å²) in [6.45, 7) is 3.19. The summed E-state index contributed by atoms with van der Waals surface area (Å²) in [4.78, 5) is 0. The van der Waals surface area contributed by atoms with Crippen molar-refractivity contribution in [3.05, 3.63) is 71.5 Å². The highest BCUT2D eigenvalue weighted by Crippen LogP contribution is 2.20. The van der Waals surface area contributed by atoms with Gasteiger partial charge in [0.05, 0.1) is 6.10 Å². The number of hydrogen-bond acceptors (Lipinski definition) is 2. The van der Waals surface area contributed by atoms with Crippen molar-refractivity contribution in [2.75, 3.05) is 6.54 Å². The minimum Gasteiger partial charge on any atom is -0.393 e. The summed E-state index contributed by atoms with van der Waals surface area (Å²) in [6, 6.07) is 16.8. The lowest BCUT2D eigenvalue weighted by atomic mass is 9.93. The van der Waals surface area contributed by atoms with Gasteiger partial charge < -0.3 is 10.4 Å². The van der Waals surface area contributed by atoms with Crippen LogP contribution in [0.4, 0.5) is 4.39 Å². The third kappa shape index (κ3) is 5.29. The van der Waals surface area contributed by atoms with Crippen LogP contribution in [0.5, 0.6) is 0 Å². The van der Waals surface area contributed by atoms with E-state index in [-0.39, 0.29) is 17.8 Å². The van der Waals surface area contributed by atoms with Crippen molar-refractivity contribution >= 4 is 0 Å². The maximum atomic E-state index is 13.1. The number of rotatable bonds is 7. The molecule has 0 amide bonds. The van der Waals surface area contributed by atoms with Crippen LogP contribution >= 0.6 is 0 Å². The van der Waals surface area contributed by atoms with E-state index in [0.29, 0.717) is 13.0 Å². The van der Waals surface area contributed by atoms with Gasteiger partial charge >= 0.3 is 0 Å². The van der Waals surface area contributed by atoms with Crippen molar-refractivity contribution in [2.45, 2.75) is 31.9 Å². The monoisotopic (exact) mass is 287 g/mol. The fourth-order valence-corrected chi connectivity index (χ4v) is 2.51. The van der Waals surface area contributed by atoms with E-state index in [9.17, 15) is 9.50 Å². The fourth-order valence-electron chi connectivity index (χ4n) is 2.51. The van der Waals surface area contributed by atoms with E-state index < -0.39 is 0 Å². The fraction of sp³-hybridized carbons (Fsp3) is 0.333. The molecule has 2 nitrogen and oxygen atoms in total. The number of halogens is 1. The quantitative estimate of drug-likeness (QED) is 0.817. The van der Waals surface area contributed by atoms with Crippen LogP contribution < -0.4 is 5.32 Å². The van der Waals surface area contributed by atoms with Crippen molar-refractivity contribution in [3.63, 3.8) is 0 Å². The van der Waals surface area contributed by atoms with Gasteiger partial charge in [-0.1, -0.05) is 42.5 Å². The second-order valence-electron chi connectivity index (χ2n) is 5.45. The van der Waals surface area contributed by atoms with Crippen LogP contribution in [0.3, 0.4) is 0 Å². The van der Waals surface area contributed by atoms with Crippen molar-refractivity contribution in [1.82, 2.24) is 5.32 Å². The Morgan fingerprint density at radius 3 is 2.52 bits per heavy atom. The van der Waals surface area contributed by atoms with Crippen LogP contribution in [-0.4, -0.2) is 17.8 Å². The minimum atomic E-state index is -0.342. The molecule has 2 rings (SSSR count).